The van der Waals surface area contributed by atoms with Gasteiger partial charge in [-0.3, -0.25) is 9.00 Å². The predicted molar refractivity (Wildman–Crippen MR) is 92.6 cm³/mol. The van der Waals surface area contributed by atoms with E-state index in [2.05, 4.69) is 0 Å². The standard InChI is InChI=1S/C17H18ClNO2S/c1-13(17(20)19(2)15-9-4-3-5-10-15)22(21)12-14-8-6-7-11-16(14)18/h3-11,13H,12H2,1-2H3/t13-,22+/m1/s1. The van der Waals surface area contributed by atoms with E-state index < -0.39 is 16.0 Å². The third-order valence-electron chi connectivity index (χ3n) is 3.47. The van der Waals surface area contributed by atoms with Crippen molar-refractivity contribution in [1.29, 1.82) is 0 Å². The molecule has 0 saturated carbocycles. The number of hydrogen-bond acceptors (Lipinski definition) is 2. The first-order valence-corrected chi connectivity index (χ1v) is 8.70. The van der Waals surface area contributed by atoms with Crippen LogP contribution in [0.5, 0.6) is 0 Å². The van der Waals surface area contributed by atoms with Crippen LogP contribution in [0.4, 0.5) is 5.69 Å². The Morgan fingerprint density at radius 3 is 2.36 bits per heavy atom. The minimum atomic E-state index is -1.33. The number of rotatable bonds is 5. The summed E-state index contributed by atoms with van der Waals surface area (Å²) in [5.41, 5.74) is 1.58. The molecule has 0 aliphatic rings. The Kier molecular flexibility index (Phi) is 5.75. The van der Waals surface area contributed by atoms with Crippen molar-refractivity contribution in [1.82, 2.24) is 0 Å². The van der Waals surface area contributed by atoms with E-state index >= 15 is 0 Å². The quantitative estimate of drug-likeness (QED) is 0.836. The van der Waals surface area contributed by atoms with Gasteiger partial charge >= 0.3 is 0 Å². The summed E-state index contributed by atoms with van der Waals surface area (Å²) in [6.07, 6.45) is 0. The maximum Gasteiger partial charge on any atom is 0.242 e. The van der Waals surface area contributed by atoms with Gasteiger partial charge in [0.15, 0.2) is 0 Å². The Balaban J connectivity index is 2.07. The molecule has 0 aliphatic heterocycles. The highest BCUT2D eigenvalue weighted by Crippen LogP contribution is 2.19. The molecule has 22 heavy (non-hydrogen) atoms. The lowest BCUT2D eigenvalue weighted by Crippen LogP contribution is -2.37. The first kappa shape index (κ1) is 16.7. The molecule has 0 aromatic heterocycles. The van der Waals surface area contributed by atoms with Crippen molar-refractivity contribution in [2.24, 2.45) is 0 Å². The lowest BCUT2D eigenvalue weighted by atomic mass is 10.2. The van der Waals surface area contributed by atoms with E-state index in [1.165, 1.54) is 4.90 Å². The molecular formula is C17H18ClNO2S. The van der Waals surface area contributed by atoms with E-state index in [1.54, 1.807) is 20.0 Å². The van der Waals surface area contributed by atoms with Crippen molar-refractivity contribution in [3.05, 3.63) is 65.2 Å². The van der Waals surface area contributed by atoms with E-state index in [4.69, 9.17) is 11.6 Å². The summed E-state index contributed by atoms with van der Waals surface area (Å²) in [5, 5.41) is -0.0200. The van der Waals surface area contributed by atoms with E-state index in [-0.39, 0.29) is 11.7 Å². The van der Waals surface area contributed by atoms with Crippen LogP contribution < -0.4 is 4.90 Å². The third kappa shape index (κ3) is 3.96. The number of carbonyl (C=O) groups excluding carboxylic acids is 1. The second-order valence-electron chi connectivity index (χ2n) is 4.99. The smallest absolute Gasteiger partial charge is 0.242 e. The highest BCUT2D eigenvalue weighted by molar-refractivity contribution is 7.85. The van der Waals surface area contributed by atoms with Crippen LogP contribution in [0.3, 0.4) is 0 Å². The summed E-state index contributed by atoms with van der Waals surface area (Å²) in [6.45, 7) is 1.69. The molecule has 0 N–H and O–H groups in total. The molecule has 0 aliphatic carbocycles. The first-order chi connectivity index (χ1) is 10.5. The van der Waals surface area contributed by atoms with Gasteiger partial charge in [-0.25, -0.2) is 0 Å². The van der Waals surface area contributed by atoms with Gasteiger partial charge in [0.2, 0.25) is 5.91 Å². The molecule has 2 atom stereocenters. The van der Waals surface area contributed by atoms with E-state index in [1.807, 2.05) is 48.5 Å². The molecular weight excluding hydrogens is 318 g/mol. The fourth-order valence-corrected chi connectivity index (χ4v) is 3.53. The molecule has 0 spiro atoms. The van der Waals surface area contributed by atoms with Gasteiger partial charge in [0, 0.05) is 28.6 Å². The molecule has 2 aromatic carbocycles. The maximum atomic E-state index is 12.5. The first-order valence-electron chi connectivity index (χ1n) is 6.94. The summed E-state index contributed by atoms with van der Waals surface area (Å²) in [6, 6.07) is 16.6. The van der Waals surface area contributed by atoms with Gasteiger partial charge in [-0.2, -0.15) is 0 Å². The lowest BCUT2D eigenvalue weighted by molar-refractivity contribution is -0.117. The number of halogens is 1. The summed E-state index contributed by atoms with van der Waals surface area (Å²) in [5.74, 6) is 0.103. The predicted octanol–water partition coefficient (Wildman–Crippen LogP) is 3.64. The molecule has 3 nitrogen and oxygen atoms in total. The number of nitrogens with zero attached hydrogens (tertiary/aromatic N) is 1. The summed E-state index contributed by atoms with van der Waals surface area (Å²) < 4.78 is 12.4. The average Bonchev–Trinajstić information content (AvgIpc) is 2.55. The normalized spacial score (nSPS) is 13.4. The van der Waals surface area contributed by atoms with Crippen molar-refractivity contribution in [2.75, 3.05) is 11.9 Å². The van der Waals surface area contributed by atoms with Crippen LogP contribution in [0.25, 0.3) is 0 Å². The maximum absolute atomic E-state index is 12.5. The zero-order valence-electron chi connectivity index (χ0n) is 12.5. The van der Waals surface area contributed by atoms with Crippen molar-refractivity contribution in [2.45, 2.75) is 17.9 Å². The molecule has 2 aromatic rings. The van der Waals surface area contributed by atoms with Crippen LogP contribution in [0.15, 0.2) is 54.6 Å². The molecule has 116 valence electrons. The van der Waals surface area contributed by atoms with Gasteiger partial charge in [0.1, 0.15) is 5.25 Å². The summed E-state index contributed by atoms with van der Waals surface area (Å²) >= 11 is 6.08. The van der Waals surface area contributed by atoms with Crippen LogP contribution in [0, 0.1) is 0 Å². The fourth-order valence-electron chi connectivity index (χ4n) is 2.06. The minimum Gasteiger partial charge on any atom is -0.314 e. The monoisotopic (exact) mass is 335 g/mol. The van der Waals surface area contributed by atoms with Gasteiger partial charge in [-0.05, 0) is 30.7 Å². The van der Waals surface area contributed by atoms with Crippen molar-refractivity contribution in [3.8, 4) is 0 Å². The molecule has 0 bridgehead atoms. The second-order valence-corrected chi connectivity index (χ2v) is 7.16. The molecule has 1 amide bonds. The van der Waals surface area contributed by atoms with E-state index in [9.17, 15) is 9.00 Å². The number of benzene rings is 2. The van der Waals surface area contributed by atoms with Crippen LogP contribution in [0.1, 0.15) is 12.5 Å². The lowest BCUT2D eigenvalue weighted by Gasteiger charge is -2.21. The Morgan fingerprint density at radius 1 is 1.14 bits per heavy atom. The average molecular weight is 336 g/mol. The number of hydrogen-bond donors (Lipinski definition) is 0. The van der Waals surface area contributed by atoms with Gasteiger partial charge in [-0.15, -0.1) is 0 Å². The zero-order valence-corrected chi connectivity index (χ0v) is 14.1. The van der Waals surface area contributed by atoms with Crippen LogP contribution in [-0.4, -0.2) is 22.4 Å². The SMILES string of the molecule is C[C@H](C(=O)N(C)c1ccccc1)[S@@](=O)Cc1ccccc1Cl. The van der Waals surface area contributed by atoms with Gasteiger partial charge in [0.25, 0.3) is 0 Å². The molecule has 2 rings (SSSR count). The number of carbonyl (C=O) groups is 1. The topological polar surface area (TPSA) is 37.4 Å². The molecule has 0 unspecified atom stereocenters. The van der Waals surface area contributed by atoms with Crippen LogP contribution in [-0.2, 0) is 21.3 Å². The zero-order chi connectivity index (χ0) is 16.1. The largest absolute Gasteiger partial charge is 0.314 e. The van der Waals surface area contributed by atoms with E-state index in [0.717, 1.165) is 11.3 Å². The highest BCUT2D eigenvalue weighted by atomic mass is 35.5. The molecule has 0 heterocycles. The summed E-state index contributed by atoms with van der Waals surface area (Å²) in [4.78, 5) is 14.0. The third-order valence-corrected chi connectivity index (χ3v) is 5.43. The van der Waals surface area contributed by atoms with Crippen LogP contribution in [0.2, 0.25) is 5.02 Å². The molecule has 5 heteroatoms. The Labute approximate surface area is 138 Å². The summed E-state index contributed by atoms with van der Waals surface area (Å²) in [7, 11) is 0.369. The van der Waals surface area contributed by atoms with Crippen molar-refractivity contribution < 1.29 is 9.00 Å². The highest BCUT2D eigenvalue weighted by Gasteiger charge is 2.24. The Hall–Kier alpha value is -1.65. The Bertz CT molecular complexity index is 675. The van der Waals surface area contributed by atoms with Crippen molar-refractivity contribution in [3.63, 3.8) is 0 Å². The molecule has 0 radical (unpaired) electrons. The van der Waals surface area contributed by atoms with Crippen LogP contribution >= 0.6 is 11.6 Å². The number of para-hydroxylation sites is 1. The van der Waals surface area contributed by atoms with Gasteiger partial charge in [-0.1, -0.05) is 48.0 Å². The van der Waals surface area contributed by atoms with E-state index in [0.29, 0.717) is 5.02 Å². The second kappa shape index (κ2) is 7.56. The Morgan fingerprint density at radius 2 is 1.73 bits per heavy atom. The van der Waals surface area contributed by atoms with Crippen molar-refractivity contribution >= 4 is 34.0 Å². The number of amides is 1. The fraction of sp³-hybridized carbons (Fsp3) is 0.235. The van der Waals surface area contributed by atoms with Gasteiger partial charge in [0.05, 0.1) is 5.75 Å². The van der Waals surface area contributed by atoms with Gasteiger partial charge < -0.3 is 4.90 Å². The molecule has 0 saturated heterocycles. The minimum absolute atomic E-state index is 0.170. The molecule has 0 fully saturated rings. The number of anilines is 1.